The molecule has 0 atom stereocenters. The van der Waals surface area contributed by atoms with Gasteiger partial charge in [0.15, 0.2) is 0 Å². The minimum atomic E-state index is 0.289. The minimum absolute atomic E-state index is 0.289. The van der Waals surface area contributed by atoms with E-state index >= 15 is 0 Å². The van der Waals surface area contributed by atoms with Crippen LogP contribution in [0.15, 0.2) is 24.4 Å². The van der Waals surface area contributed by atoms with E-state index < -0.39 is 0 Å². The van der Waals surface area contributed by atoms with Crippen molar-refractivity contribution in [2.45, 2.75) is 32.2 Å². The van der Waals surface area contributed by atoms with Crippen LogP contribution in [-0.2, 0) is 6.54 Å². The van der Waals surface area contributed by atoms with Crippen LogP contribution in [0.4, 0.5) is 0 Å². The zero-order valence-corrected chi connectivity index (χ0v) is 11.7. The Kier molecular flexibility index (Phi) is 4.93. The summed E-state index contributed by atoms with van der Waals surface area (Å²) < 4.78 is 2.19. The maximum absolute atomic E-state index is 8.72. The Labute approximate surface area is 117 Å². The first-order valence-corrected chi connectivity index (χ1v) is 7.02. The van der Waals surface area contributed by atoms with E-state index in [1.165, 1.54) is 0 Å². The van der Waals surface area contributed by atoms with E-state index in [2.05, 4.69) is 10.8 Å². The SMILES string of the molecule is OCCCCCCn1ccc2c(Cl)cc(Cl)cc21. The van der Waals surface area contributed by atoms with Gasteiger partial charge in [-0.15, -0.1) is 0 Å². The number of unbranched alkanes of at least 4 members (excludes halogenated alkanes) is 3. The van der Waals surface area contributed by atoms with E-state index in [-0.39, 0.29) is 6.61 Å². The van der Waals surface area contributed by atoms with Crippen LogP contribution in [0.2, 0.25) is 10.0 Å². The number of aliphatic hydroxyl groups is 1. The monoisotopic (exact) mass is 285 g/mol. The zero-order chi connectivity index (χ0) is 13.0. The zero-order valence-electron chi connectivity index (χ0n) is 10.2. The fraction of sp³-hybridized carbons (Fsp3) is 0.429. The second-order valence-electron chi connectivity index (χ2n) is 4.47. The molecular formula is C14H17Cl2NO. The Hall–Kier alpha value is -0.700. The van der Waals surface area contributed by atoms with Crippen LogP contribution < -0.4 is 0 Å². The number of halogens is 2. The van der Waals surface area contributed by atoms with Crippen molar-refractivity contribution in [3.63, 3.8) is 0 Å². The lowest BCUT2D eigenvalue weighted by atomic mass is 10.2. The molecule has 98 valence electrons. The molecule has 0 radical (unpaired) electrons. The Morgan fingerprint density at radius 1 is 1.06 bits per heavy atom. The molecule has 0 aliphatic heterocycles. The van der Waals surface area contributed by atoms with E-state index in [1.807, 2.05) is 12.1 Å². The quantitative estimate of drug-likeness (QED) is 0.777. The third kappa shape index (κ3) is 3.19. The number of nitrogens with zero attached hydrogens (tertiary/aromatic N) is 1. The molecule has 0 aliphatic rings. The summed E-state index contributed by atoms with van der Waals surface area (Å²) in [6, 6.07) is 5.76. The Bertz CT molecular complexity index is 522. The molecular weight excluding hydrogens is 269 g/mol. The van der Waals surface area contributed by atoms with Crippen molar-refractivity contribution in [2.24, 2.45) is 0 Å². The lowest BCUT2D eigenvalue weighted by molar-refractivity contribution is 0.282. The summed E-state index contributed by atoms with van der Waals surface area (Å²) in [6.45, 7) is 1.25. The minimum Gasteiger partial charge on any atom is -0.396 e. The van der Waals surface area contributed by atoms with Crippen molar-refractivity contribution in [1.82, 2.24) is 4.57 Å². The molecule has 1 N–H and O–H groups in total. The molecule has 2 rings (SSSR count). The van der Waals surface area contributed by atoms with Gasteiger partial charge >= 0.3 is 0 Å². The van der Waals surface area contributed by atoms with Gasteiger partial charge in [0, 0.05) is 29.8 Å². The van der Waals surface area contributed by atoms with Gasteiger partial charge in [-0.25, -0.2) is 0 Å². The van der Waals surface area contributed by atoms with Crippen molar-refractivity contribution in [3.8, 4) is 0 Å². The van der Waals surface area contributed by atoms with Crippen LogP contribution in [0.1, 0.15) is 25.7 Å². The molecule has 0 fully saturated rings. The summed E-state index contributed by atoms with van der Waals surface area (Å²) in [7, 11) is 0. The van der Waals surface area contributed by atoms with Gasteiger partial charge < -0.3 is 9.67 Å². The van der Waals surface area contributed by atoms with Crippen LogP contribution in [0.25, 0.3) is 10.9 Å². The van der Waals surface area contributed by atoms with Crippen LogP contribution in [0, 0.1) is 0 Å². The highest BCUT2D eigenvalue weighted by molar-refractivity contribution is 6.38. The molecule has 18 heavy (non-hydrogen) atoms. The summed E-state index contributed by atoms with van der Waals surface area (Å²) in [5.41, 5.74) is 1.09. The average Bonchev–Trinajstić information content (AvgIpc) is 2.72. The number of hydrogen-bond donors (Lipinski definition) is 1. The fourth-order valence-corrected chi connectivity index (χ4v) is 2.71. The van der Waals surface area contributed by atoms with Gasteiger partial charge in [0.2, 0.25) is 0 Å². The normalized spacial score (nSPS) is 11.3. The van der Waals surface area contributed by atoms with Crippen LogP contribution >= 0.6 is 23.2 Å². The third-order valence-electron chi connectivity index (χ3n) is 3.11. The number of rotatable bonds is 6. The number of hydrogen-bond acceptors (Lipinski definition) is 1. The van der Waals surface area contributed by atoms with Crippen molar-refractivity contribution in [2.75, 3.05) is 6.61 Å². The van der Waals surface area contributed by atoms with Gasteiger partial charge in [-0.1, -0.05) is 36.0 Å². The Morgan fingerprint density at radius 3 is 2.61 bits per heavy atom. The summed E-state index contributed by atoms with van der Waals surface area (Å²) in [4.78, 5) is 0. The van der Waals surface area contributed by atoms with Crippen LogP contribution in [0.3, 0.4) is 0 Å². The standard InChI is InChI=1S/C14H17Cl2NO/c15-11-9-13(16)12-5-7-17(14(12)10-11)6-3-1-2-4-8-18/h5,7,9-10,18H,1-4,6,8H2. The number of aryl methyl sites for hydroxylation is 1. The molecule has 2 aromatic rings. The maximum atomic E-state index is 8.72. The first kappa shape index (κ1) is 13.7. The maximum Gasteiger partial charge on any atom is 0.0514 e. The molecule has 0 unspecified atom stereocenters. The molecule has 2 nitrogen and oxygen atoms in total. The van der Waals surface area contributed by atoms with Gasteiger partial charge in [0.1, 0.15) is 0 Å². The van der Waals surface area contributed by atoms with E-state index in [4.69, 9.17) is 28.3 Å². The molecule has 0 aliphatic carbocycles. The predicted octanol–water partition coefficient (Wildman–Crippen LogP) is 4.50. The summed E-state index contributed by atoms with van der Waals surface area (Å²) >= 11 is 12.2. The second kappa shape index (κ2) is 6.46. The largest absolute Gasteiger partial charge is 0.396 e. The fourth-order valence-electron chi connectivity index (χ4n) is 2.16. The van der Waals surface area contributed by atoms with Crippen molar-refractivity contribution >= 4 is 34.1 Å². The van der Waals surface area contributed by atoms with Crippen LogP contribution in [0.5, 0.6) is 0 Å². The van der Waals surface area contributed by atoms with E-state index in [9.17, 15) is 0 Å². The van der Waals surface area contributed by atoms with Crippen molar-refractivity contribution < 1.29 is 5.11 Å². The molecule has 0 saturated heterocycles. The first-order valence-electron chi connectivity index (χ1n) is 6.27. The summed E-state index contributed by atoms with van der Waals surface area (Å²) in [6.07, 6.45) is 6.27. The van der Waals surface area contributed by atoms with Crippen molar-refractivity contribution in [1.29, 1.82) is 0 Å². The summed E-state index contributed by atoms with van der Waals surface area (Å²) in [5, 5.41) is 11.1. The Morgan fingerprint density at radius 2 is 1.83 bits per heavy atom. The number of aliphatic hydroxyl groups excluding tert-OH is 1. The molecule has 0 spiro atoms. The number of benzene rings is 1. The van der Waals surface area contributed by atoms with E-state index in [0.717, 1.165) is 43.1 Å². The van der Waals surface area contributed by atoms with Crippen molar-refractivity contribution in [3.05, 3.63) is 34.4 Å². The second-order valence-corrected chi connectivity index (χ2v) is 5.31. The van der Waals surface area contributed by atoms with Gasteiger partial charge in [-0.2, -0.15) is 0 Å². The highest BCUT2D eigenvalue weighted by Crippen LogP contribution is 2.28. The van der Waals surface area contributed by atoms with E-state index in [1.54, 1.807) is 6.07 Å². The van der Waals surface area contributed by atoms with Gasteiger partial charge in [-0.05, 0) is 31.0 Å². The highest BCUT2D eigenvalue weighted by Gasteiger charge is 2.06. The first-order chi connectivity index (χ1) is 8.72. The molecule has 0 saturated carbocycles. The number of aromatic nitrogens is 1. The topological polar surface area (TPSA) is 25.2 Å². The average molecular weight is 286 g/mol. The summed E-state index contributed by atoms with van der Waals surface area (Å²) in [5.74, 6) is 0. The highest BCUT2D eigenvalue weighted by atomic mass is 35.5. The number of fused-ring (bicyclic) bond motifs is 1. The molecule has 0 amide bonds. The molecule has 0 bridgehead atoms. The molecule has 1 heterocycles. The Balaban J connectivity index is 2.05. The van der Waals surface area contributed by atoms with E-state index in [0.29, 0.717) is 10.0 Å². The van der Waals surface area contributed by atoms with Gasteiger partial charge in [0.25, 0.3) is 0 Å². The van der Waals surface area contributed by atoms with Crippen LogP contribution in [-0.4, -0.2) is 16.3 Å². The lowest BCUT2D eigenvalue weighted by Gasteiger charge is -2.06. The molecule has 1 aromatic heterocycles. The molecule has 4 heteroatoms. The molecule has 1 aromatic carbocycles. The smallest absolute Gasteiger partial charge is 0.0514 e. The predicted molar refractivity (Wildman–Crippen MR) is 77.5 cm³/mol. The lowest BCUT2D eigenvalue weighted by Crippen LogP contribution is -1.96. The third-order valence-corrected chi connectivity index (χ3v) is 3.64. The van der Waals surface area contributed by atoms with Gasteiger partial charge in [0.05, 0.1) is 10.5 Å². The van der Waals surface area contributed by atoms with Gasteiger partial charge in [-0.3, -0.25) is 0 Å².